The van der Waals surface area contributed by atoms with E-state index in [9.17, 15) is 27.9 Å². The second-order valence-electron chi connectivity index (χ2n) is 9.02. The zero-order valence-electron chi connectivity index (χ0n) is 18.2. The van der Waals surface area contributed by atoms with Crippen LogP contribution in [0.3, 0.4) is 0 Å². The van der Waals surface area contributed by atoms with E-state index in [1.807, 2.05) is 27.7 Å². The molecule has 1 atom stereocenters. The Labute approximate surface area is 187 Å². The normalized spacial score (nSPS) is 17.0. The number of anilines is 1. The molecule has 2 aromatic heterocycles. The highest BCUT2D eigenvalue weighted by Crippen LogP contribution is 2.42. The van der Waals surface area contributed by atoms with Crippen LogP contribution in [0.15, 0.2) is 12.3 Å². The third-order valence-electron chi connectivity index (χ3n) is 5.08. The van der Waals surface area contributed by atoms with Gasteiger partial charge in [0, 0.05) is 30.9 Å². The van der Waals surface area contributed by atoms with Gasteiger partial charge in [0.1, 0.15) is 11.5 Å². The van der Waals surface area contributed by atoms with E-state index in [1.54, 1.807) is 0 Å². The number of nitrogens with zero attached hydrogens (tertiary/aromatic N) is 3. The number of carboxylic acid groups (broad SMARTS) is 1. The van der Waals surface area contributed by atoms with Crippen LogP contribution in [0.1, 0.15) is 66.4 Å². The summed E-state index contributed by atoms with van der Waals surface area (Å²) in [6.07, 6.45) is -2.19. The molecule has 0 aliphatic carbocycles. The summed E-state index contributed by atoms with van der Waals surface area (Å²) < 4.78 is 41.9. The van der Waals surface area contributed by atoms with Crippen LogP contribution in [0.2, 0.25) is 0 Å². The largest absolute Gasteiger partial charge is 0.476 e. The van der Waals surface area contributed by atoms with Gasteiger partial charge in [0.15, 0.2) is 0 Å². The van der Waals surface area contributed by atoms with E-state index >= 15 is 0 Å². The molecule has 11 heteroatoms. The number of thiazole rings is 1. The Morgan fingerprint density at radius 1 is 1.31 bits per heavy atom. The number of pyridine rings is 1. The van der Waals surface area contributed by atoms with Gasteiger partial charge in [-0.2, -0.15) is 13.2 Å². The highest BCUT2D eigenvalue weighted by atomic mass is 32.1. The Bertz CT molecular complexity index is 1030. The number of alkyl halides is 3. The summed E-state index contributed by atoms with van der Waals surface area (Å²) in [5, 5.41) is 11.8. The SMILES string of the molecule is CC1CCCN1C(=O)c1nc(C(=O)O)sc1-c1cnc(NCC(C)(C)C)cc1C(F)(F)F. The third-order valence-corrected chi connectivity index (χ3v) is 6.16. The van der Waals surface area contributed by atoms with Gasteiger partial charge in [0.05, 0.1) is 10.4 Å². The molecule has 32 heavy (non-hydrogen) atoms. The van der Waals surface area contributed by atoms with Gasteiger partial charge in [-0.25, -0.2) is 14.8 Å². The van der Waals surface area contributed by atoms with E-state index in [4.69, 9.17) is 0 Å². The average molecular weight is 471 g/mol. The Balaban J connectivity index is 2.11. The maximum absolute atomic E-state index is 14.0. The topological polar surface area (TPSA) is 95.4 Å². The number of aromatic carboxylic acids is 1. The lowest BCUT2D eigenvalue weighted by molar-refractivity contribution is -0.137. The molecule has 3 heterocycles. The summed E-state index contributed by atoms with van der Waals surface area (Å²) >= 11 is 0.544. The summed E-state index contributed by atoms with van der Waals surface area (Å²) in [4.78, 5) is 34.0. The first-order valence-corrected chi connectivity index (χ1v) is 11.0. The van der Waals surface area contributed by atoms with E-state index < -0.39 is 28.6 Å². The minimum atomic E-state index is -4.74. The van der Waals surface area contributed by atoms with E-state index in [0.717, 1.165) is 25.1 Å². The van der Waals surface area contributed by atoms with Gasteiger partial charge in [-0.15, -0.1) is 11.3 Å². The number of carbonyl (C=O) groups is 2. The molecule has 0 saturated carbocycles. The lowest BCUT2D eigenvalue weighted by Crippen LogP contribution is -2.34. The van der Waals surface area contributed by atoms with Crippen molar-refractivity contribution in [3.8, 4) is 10.4 Å². The summed E-state index contributed by atoms with van der Waals surface area (Å²) in [7, 11) is 0. The Morgan fingerprint density at radius 2 is 2.00 bits per heavy atom. The Hall–Kier alpha value is -2.69. The summed E-state index contributed by atoms with van der Waals surface area (Å²) in [6.45, 7) is 8.48. The van der Waals surface area contributed by atoms with E-state index in [-0.39, 0.29) is 33.4 Å². The van der Waals surface area contributed by atoms with Gasteiger partial charge < -0.3 is 15.3 Å². The number of hydrogen-bond acceptors (Lipinski definition) is 6. The van der Waals surface area contributed by atoms with Crippen molar-refractivity contribution < 1.29 is 27.9 Å². The molecule has 1 amide bonds. The molecular formula is C21H25F3N4O3S. The molecule has 1 aliphatic heterocycles. The molecule has 2 aromatic rings. The molecule has 0 radical (unpaired) electrons. The predicted molar refractivity (Wildman–Crippen MR) is 115 cm³/mol. The predicted octanol–water partition coefficient (Wildman–Crippen LogP) is 5.00. The van der Waals surface area contributed by atoms with E-state index in [1.165, 1.54) is 4.90 Å². The van der Waals surface area contributed by atoms with Crippen molar-refractivity contribution in [1.82, 2.24) is 14.9 Å². The molecule has 0 bridgehead atoms. The van der Waals surface area contributed by atoms with Crippen LogP contribution >= 0.6 is 11.3 Å². The first kappa shape index (κ1) is 24.0. The molecule has 2 N–H and O–H groups in total. The van der Waals surface area contributed by atoms with E-state index in [0.29, 0.717) is 24.4 Å². The van der Waals surface area contributed by atoms with Crippen molar-refractivity contribution in [3.63, 3.8) is 0 Å². The monoisotopic (exact) mass is 470 g/mol. The molecule has 1 fully saturated rings. The molecule has 7 nitrogen and oxygen atoms in total. The molecule has 3 rings (SSSR count). The van der Waals surface area contributed by atoms with Crippen LogP contribution in [0.5, 0.6) is 0 Å². The number of rotatable bonds is 5. The first-order valence-electron chi connectivity index (χ1n) is 10.1. The summed E-state index contributed by atoms with van der Waals surface area (Å²) in [6, 6.07) is 0.781. The quantitative estimate of drug-likeness (QED) is 0.638. The number of hydrogen-bond donors (Lipinski definition) is 2. The number of carbonyl (C=O) groups excluding carboxylic acids is 1. The van der Waals surface area contributed by atoms with Crippen LogP contribution in [0, 0.1) is 5.41 Å². The average Bonchev–Trinajstić information content (AvgIpc) is 3.31. The van der Waals surface area contributed by atoms with Gasteiger partial charge in [0.25, 0.3) is 5.91 Å². The van der Waals surface area contributed by atoms with Crippen molar-refractivity contribution in [1.29, 1.82) is 0 Å². The first-order chi connectivity index (χ1) is 14.8. The molecule has 174 valence electrons. The number of aromatic nitrogens is 2. The van der Waals surface area contributed by atoms with Gasteiger partial charge >= 0.3 is 12.1 Å². The van der Waals surface area contributed by atoms with E-state index in [2.05, 4.69) is 15.3 Å². The van der Waals surface area contributed by atoms with Crippen molar-refractivity contribution >= 4 is 29.0 Å². The number of carboxylic acids is 1. The maximum atomic E-state index is 14.0. The lowest BCUT2D eigenvalue weighted by atomic mass is 9.97. The van der Waals surface area contributed by atoms with Gasteiger partial charge in [-0.1, -0.05) is 20.8 Å². The maximum Gasteiger partial charge on any atom is 0.417 e. The molecule has 0 aromatic carbocycles. The van der Waals surface area contributed by atoms with Crippen LogP contribution in [-0.4, -0.2) is 51.0 Å². The zero-order chi connectivity index (χ0) is 23.8. The standard InChI is InChI=1S/C21H25F3N4O3S/c1-11-6-5-7-28(11)18(29)15-16(32-17(27-15)19(30)31)12-9-25-14(26-10-20(2,3)4)8-13(12)21(22,23)24/h8-9,11H,5-7,10H2,1-4H3,(H,25,26)(H,30,31). The fourth-order valence-corrected chi connectivity index (χ4v) is 4.35. The van der Waals surface area contributed by atoms with Crippen molar-refractivity contribution in [3.05, 3.63) is 28.5 Å². The molecule has 1 unspecified atom stereocenters. The van der Waals surface area contributed by atoms with Gasteiger partial charge in [0.2, 0.25) is 5.01 Å². The Morgan fingerprint density at radius 3 is 2.53 bits per heavy atom. The van der Waals surface area contributed by atoms with Crippen LogP contribution < -0.4 is 5.32 Å². The second-order valence-corrected chi connectivity index (χ2v) is 10.0. The number of amides is 1. The minimum absolute atomic E-state index is 0.0417. The van der Waals surface area contributed by atoms with Crippen molar-refractivity contribution in [2.45, 2.75) is 52.8 Å². The fourth-order valence-electron chi connectivity index (χ4n) is 3.43. The van der Waals surface area contributed by atoms with Gasteiger partial charge in [-0.3, -0.25) is 4.79 Å². The molecule has 1 aliphatic rings. The van der Waals surface area contributed by atoms with Crippen LogP contribution in [0.4, 0.5) is 19.0 Å². The van der Waals surface area contributed by atoms with Crippen molar-refractivity contribution in [2.24, 2.45) is 5.41 Å². The number of likely N-dealkylation sites (tertiary alicyclic amines) is 1. The second kappa shape index (κ2) is 8.68. The fraction of sp³-hybridized carbons (Fsp3) is 0.524. The highest BCUT2D eigenvalue weighted by molar-refractivity contribution is 7.17. The smallest absolute Gasteiger partial charge is 0.417 e. The Kier molecular flexibility index (Phi) is 6.50. The zero-order valence-corrected chi connectivity index (χ0v) is 19.0. The minimum Gasteiger partial charge on any atom is -0.476 e. The molecule has 1 saturated heterocycles. The third kappa shape index (κ3) is 5.20. The van der Waals surface area contributed by atoms with Crippen molar-refractivity contribution in [2.75, 3.05) is 18.4 Å². The van der Waals surface area contributed by atoms with Gasteiger partial charge in [-0.05, 0) is 31.2 Å². The summed E-state index contributed by atoms with van der Waals surface area (Å²) in [5.74, 6) is -1.94. The highest BCUT2D eigenvalue weighted by Gasteiger charge is 2.38. The molecule has 0 spiro atoms. The van der Waals surface area contributed by atoms with Crippen LogP contribution in [-0.2, 0) is 6.18 Å². The molecular weight excluding hydrogens is 445 g/mol. The summed E-state index contributed by atoms with van der Waals surface area (Å²) in [5.41, 5.74) is -1.84. The number of halogens is 3. The lowest BCUT2D eigenvalue weighted by Gasteiger charge is -2.22. The van der Waals surface area contributed by atoms with Crippen LogP contribution in [0.25, 0.3) is 10.4 Å². The number of nitrogens with one attached hydrogen (secondary N) is 1.